The van der Waals surface area contributed by atoms with Crippen molar-refractivity contribution in [3.05, 3.63) is 65.2 Å². The molecule has 1 unspecified atom stereocenters. The van der Waals surface area contributed by atoms with Gasteiger partial charge >= 0.3 is 5.97 Å². The first kappa shape index (κ1) is 16.0. The third kappa shape index (κ3) is 4.60. The van der Waals surface area contributed by atoms with E-state index in [2.05, 4.69) is 24.4 Å². The number of benzene rings is 2. The van der Waals surface area contributed by atoms with Gasteiger partial charge in [-0.25, -0.2) is 0 Å². The standard InChI is InChI=1S/C18H21NO3/c1-2-13-3-5-15(6-4-13)12-19-17(18(21)22)11-14-7-9-16(20)10-8-14/h3-10,17,19-20H,2,11-12H2,1H3,(H,21,22). The Bertz CT molecular complexity index is 605. The van der Waals surface area contributed by atoms with Crippen LogP contribution >= 0.6 is 0 Å². The first-order valence-electron chi connectivity index (χ1n) is 7.40. The highest BCUT2D eigenvalue weighted by atomic mass is 16.4. The van der Waals surface area contributed by atoms with Crippen LogP contribution < -0.4 is 5.32 Å². The summed E-state index contributed by atoms with van der Waals surface area (Å²) < 4.78 is 0. The molecule has 3 N–H and O–H groups in total. The Hall–Kier alpha value is -2.33. The highest BCUT2D eigenvalue weighted by Gasteiger charge is 2.17. The molecule has 0 aromatic heterocycles. The fourth-order valence-corrected chi connectivity index (χ4v) is 2.25. The zero-order valence-electron chi connectivity index (χ0n) is 12.6. The van der Waals surface area contributed by atoms with Gasteiger partial charge in [0.15, 0.2) is 0 Å². The number of carboxylic acids is 1. The number of hydrogen-bond acceptors (Lipinski definition) is 3. The molecule has 0 radical (unpaired) electrons. The van der Waals surface area contributed by atoms with Crippen LogP contribution in [0.5, 0.6) is 5.75 Å². The Labute approximate surface area is 130 Å². The van der Waals surface area contributed by atoms with E-state index < -0.39 is 12.0 Å². The number of carbonyl (C=O) groups is 1. The number of aliphatic carboxylic acids is 1. The molecular formula is C18H21NO3. The molecule has 2 rings (SSSR count). The van der Waals surface area contributed by atoms with E-state index in [0.29, 0.717) is 13.0 Å². The summed E-state index contributed by atoms with van der Waals surface area (Å²) in [4.78, 5) is 11.4. The lowest BCUT2D eigenvalue weighted by Gasteiger charge is -2.15. The lowest BCUT2D eigenvalue weighted by atomic mass is 10.0. The Morgan fingerprint density at radius 2 is 1.55 bits per heavy atom. The van der Waals surface area contributed by atoms with Gasteiger partial charge in [-0.15, -0.1) is 0 Å². The lowest BCUT2D eigenvalue weighted by Crippen LogP contribution is -2.38. The predicted molar refractivity (Wildman–Crippen MR) is 85.9 cm³/mol. The fourth-order valence-electron chi connectivity index (χ4n) is 2.25. The maximum Gasteiger partial charge on any atom is 0.321 e. The minimum atomic E-state index is -0.877. The Kier molecular flexibility index (Phi) is 5.55. The monoisotopic (exact) mass is 299 g/mol. The van der Waals surface area contributed by atoms with Crippen molar-refractivity contribution in [1.29, 1.82) is 0 Å². The van der Waals surface area contributed by atoms with Crippen LogP contribution in [0.25, 0.3) is 0 Å². The smallest absolute Gasteiger partial charge is 0.321 e. The van der Waals surface area contributed by atoms with Gasteiger partial charge in [-0.1, -0.05) is 43.3 Å². The van der Waals surface area contributed by atoms with Crippen molar-refractivity contribution < 1.29 is 15.0 Å². The summed E-state index contributed by atoms with van der Waals surface area (Å²) in [6.45, 7) is 2.62. The van der Waals surface area contributed by atoms with E-state index in [1.165, 1.54) is 5.56 Å². The second kappa shape index (κ2) is 7.61. The molecule has 2 aromatic carbocycles. The summed E-state index contributed by atoms with van der Waals surface area (Å²) in [5, 5.41) is 21.7. The molecule has 1 atom stereocenters. The number of aryl methyl sites for hydroxylation is 1. The lowest BCUT2D eigenvalue weighted by molar-refractivity contribution is -0.139. The summed E-state index contributed by atoms with van der Waals surface area (Å²) in [5.74, 6) is -0.696. The number of aromatic hydroxyl groups is 1. The third-order valence-electron chi connectivity index (χ3n) is 3.66. The minimum absolute atomic E-state index is 0.180. The topological polar surface area (TPSA) is 69.6 Å². The van der Waals surface area contributed by atoms with Crippen LogP contribution in [0.15, 0.2) is 48.5 Å². The molecule has 0 saturated heterocycles. The highest BCUT2D eigenvalue weighted by Crippen LogP contribution is 2.12. The first-order valence-corrected chi connectivity index (χ1v) is 7.40. The van der Waals surface area contributed by atoms with Crippen LogP contribution in [0.2, 0.25) is 0 Å². The summed E-state index contributed by atoms with van der Waals surface area (Å²) in [6, 6.07) is 14.1. The number of phenols is 1. The second-order valence-corrected chi connectivity index (χ2v) is 5.31. The number of hydrogen-bond donors (Lipinski definition) is 3. The van der Waals surface area contributed by atoms with Crippen molar-refractivity contribution >= 4 is 5.97 Å². The maximum atomic E-state index is 11.4. The van der Waals surface area contributed by atoms with Crippen molar-refractivity contribution in [3.63, 3.8) is 0 Å². The van der Waals surface area contributed by atoms with E-state index in [1.807, 2.05) is 12.1 Å². The quantitative estimate of drug-likeness (QED) is 0.735. The van der Waals surface area contributed by atoms with E-state index >= 15 is 0 Å². The Balaban J connectivity index is 1.96. The molecule has 22 heavy (non-hydrogen) atoms. The van der Waals surface area contributed by atoms with Gasteiger partial charge in [0.1, 0.15) is 11.8 Å². The van der Waals surface area contributed by atoms with Crippen LogP contribution in [0.4, 0.5) is 0 Å². The van der Waals surface area contributed by atoms with E-state index in [0.717, 1.165) is 17.5 Å². The number of carboxylic acid groups (broad SMARTS) is 1. The van der Waals surface area contributed by atoms with Crippen LogP contribution in [-0.4, -0.2) is 22.2 Å². The largest absolute Gasteiger partial charge is 0.508 e. The van der Waals surface area contributed by atoms with Gasteiger partial charge in [0, 0.05) is 6.54 Å². The van der Waals surface area contributed by atoms with E-state index in [9.17, 15) is 15.0 Å². The van der Waals surface area contributed by atoms with Crippen molar-refractivity contribution in [2.24, 2.45) is 0 Å². The summed E-state index contributed by atoms with van der Waals surface area (Å²) >= 11 is 0. The van der Waals surface area contributed by atoms with Gasteiger partial charge in [-0.05, 0) is 41.7 Å². The molecule has 0 aliphatic rings. The van der Waals surface area contributed by atoms with Gasteiger partial charge in [-0.3, -0.25) is 4.79 Å². The van der Waals surface area contributed by atoms with Crippen molar-refractivity contribution in [2.75, 3.05) is 0 Å². The summed E-state index contributed by atoms with van der Waals surface area (Å²) in [7, 11) is 0. The van der Waals surface area contributed by atoms with Crippen molar-refractivity contribution in [2.45, 2.75) is 32.4 Å². The highest BCUT2D eigenvalue weighted by molar-refractivity contribution is 5.73. The Morgan fingerprint density at radius 3 is 2.09 bits per heavy atom. The van der Waals surface area contributed by atoms with Gasteiger partial charge in [0.05, 0.1) is 0 Å². The molecule has 0 fully saturated rings. The average Bonchev–Trinajstić information content (AvgIpc) is 2.53. The minimum Gasteiger partial charge on any atom is -0.508 e. The molecule has 0 saturated carbocycles. The van der Waals surface area contributed by atoms with E-state index in [-0.39, 0.29) is 5.75 Å². The average molecular weight is 299 g/mol. The van der Waals surface area contributed by atoms with Crippen LogP contribution in [0.1, 0.15) is 23.6 Å². The van der Waals surface area contributed by atoms with Crippen molar-refractivity contribution in [3.8, 4) is 5.75 Å². The Morgan fingerprint density at radius 1 is 1.00 bits per heavy atom. The van der Waals surface area contributed by atoms with E-state index in [1.54, 1.807) is 24.3 Å². The number of phenolic OH excluding ortho intramolecular Hbond substituents is 1. The van der Waals surface area contributed by atoms with Crippen LogP contribution in [0, 0.1) is 0 Å². The second-order valence-electron chi connectivity index (χ2n) is 5.31. The molecule has 0 heterocycles. The molecule has 4 heteroatoms. The zero-order chi connectivity index (χ0) is 15.9. The van der Waals surface area contributed by atoms with Gasteiger partial charge < -0.3 is 15.5 Å². The maximum absolute atomic E-state index is 11.4. The van der Waals surface area contributed by atoms with Gasteiger partial charge in [0.25, 0.3) is 0 Å². The molecule has 4 nitrogen and oxygen atoms in total. The normalized spacial score (nSPS) is 12.0. The van der Waals surface area contributed by atoms with Gasteiger partial charge in [-0.2, -0.15) is 0 Å². The molecule has 0 amide bonds. The van der Waals surface area contributed by atoms with Crippen molar-refractivity contribution in [1.82, 2.24) is 5.32 Å². The molecular weight excluding hydrogens is 278 g/mol. The molecule has 0 bridgehead atoms. The summed E-state index contributed by atoms with van der Waals surface area (Å²) in [5.41, 5.74) is 3.20. The van der Waals surface area contributed by atoms with E-state index in [4.69, 9.17) is 0 Å². The number of nitrogens with one attached hydrogen (secondary N) is 1. The summed E-state index contributed by atoms with van der Waals surface area (Å²) in [6.07, 6.45) is 1.37. The molecule has 0 aliphatic heterocycles. The molecule has 0 spiro atoms. The molecule has 0 aliphatic carbocycles. The molecule has 116 valence electrons. The first-order chi connectivity index (χ1) is 10.6. The SMILES string of the molecule is CCc1ccc(CNC(Cc2ccc(O)cc2)C(=O)O)cc1. The van der Waals surface area contributed by atoms with Crippen LogP contribution in [0.3, 0.4) is 0 Å². The number of rotatable bonds is 7. The van der Waals surface area contributed by atoms with Crippen LogP contribution in [-0.2, 0) is 24.2 Å². The third-order valence-corrected chi connectivity index (χ3v) is 3.66. The van der Waals surface area contributed by atoms with Gasteiger partial charge in [0.2, 0.25) is 0 Å². The fraction of sp³-hybridized carbons (Fsp3) is 0.278. The zero-order valence-corrected chi connectivity index (χ0v) is 12.6. The predicted octanol–water partition coefficient (Wildman–Crippen LogP) is 2.74. The molecule has 2 aromatic rings.